The number of hydrogen-bond acceptors (Lipinski definition) is 2. The van der Waals surface area contributed by atoms with Gasteiger partial charge >= 0.3 is 37.7 Å². The van der Waals surface area contributed by atoms with Crippen molar-refractivity contribution in [3.63, 3.8) is 0 Å². The average Bonchev–Trinajstić information content (AvgIpc) is 2.05. The molecule has 0 fully saturated rings. The Bertz CT molecular complexity index is 197. The minimum Gasteiger partial charge on any atom is -0.546 e. The molecule has 0 unspecified atom stereocenters. The molecule has 12 heavy (non-hydrogen) atoms. The van der Waals surface area contributed by atoms with Gasteiger partial charge in [-0.15, -0.1) is 11.5 Å². The van der Waals surface area contributed by atoms with E-state index >= 15 is 0 Å². The van der Waals surface area contributed by atoms with E-state index in [0.717, 1.165) is 0 Å². The zero-order chi connectivity index (χ0) is 7.40. The van der Waals surface area contributed by atoms with Crippen molar-refractivity contribution in [2.24, 2.45) is 0 Å². The van der Waals surface area contributed by atoms with Gasteiger partial charge in [-0.25, -0.2) is 6.07 Å². The molecule has 0 heterocycles. The Morgan fingerprint density at radius 3 is 1.75 bits per heavy atom. The predicted molar refractivity (Wildman–Crippen MR) is 37.2 cm³/mol. The van der Waals surface area contributed by atoms with Crippen LogP contribution in [-0.2, 0) is 0 Å². The van der Waals surface area contributed by atoms with Crippen LogP contribution in [0, 0.1) is 12.1 Å². The molecule has 0 aromatic heterocycles. The maximum Gasteiger partial charge on any atom is 1.00 e. The molecule has 4 heteroatoms. The van der Waals surface area contributed by atoms with E-state index in [4.69, 9.17) is 9.47 Å². The number of hydrogen-bond donors (Lipinski definition) is 0. The predicted octanol–water partition coefficient (Wildman–Crippen LogP) is -4.69. The molecule has 1 aromatic carbocycles. The largest absolute Gasteiger partial charge is 1.00 e. The SMILES string of the molecule is COc1[c-]c[c-]c(OC)c1.[Li+].[Li+]. The molecular weight excluding hydrogens is 142 g/mol. The Hall–Kier alpha value is 0.0148. The summed E-state index contributed by atoms with van der Waals surface area (Å²) in [6, 6.07) is 9.03. The Labute approximate surface area is 97.0 Å². The van der Waals surface area contributed by atoms with Crippen molar-refractivity contribution in [3.05, 3.63) is 24.3 Å². The molecule has 1 aromatic rings. The molecule has 0 amide bonds. The molecule has 0 saturated carbocycles. The van der Waals surface area contributed by atoms with E-state index in [2.05, 4.69) is 12.1 Å². The number of benzene rings is 1. The normalized spacial score (nSPS) is 7.50. The van der Waals surface area contributed by atoms with E-state index in [1.807, 2.05) is 0 Å². The molecule has 0 N–H and O–H groups in total. The molecular formula is C8H8Li2O2. The van der Waals surface area contributed by atoms with E-state index in [0.29, 0.717) is 11.5 Å². The van der Waals surface area contributed by atoms with Crippen LogP contribution in [0.2, 0.25) is 0 Å². The van der Waals surface area contributed by atoms with Crippen molar-refractivity contribution in [2.45, 2.75) is 0 Å². The molecule has 0 bridgehead atoms. The van der Waals surface area contributed by atoms with Crippen LogP contribution in [0.5, 0.6) is 11.5 Å². The quantitative estimate of drug-likeness (QED) is 0.311. The van der Waals surface area contributed by atoms with Crippen LogP contribution in [0.4, 0.5) is 0 Å². The standard InChI is InChI=1S/C8H8O2.2Li/c1-9-7-4-3-5-8(6-7)10-2;;/h3,6H,1-2H3;;/q-2;2*+1. The van der Waals surface area contributed by atoms with Gasteiger partial charge in [0.2, 0.25) is 0 Å². The second kappa shape index (κ2) is 7.65. The first-order chi connectivity index (χ1) is 4.86. The molecule has 0 aliphatic heterocycles. The van der Waals surface area contributed by atoms with Crippen molar-refractivity contribution >= 4 is 0 Å². The first-order valence-corrected chi connectivity index (χ1v) is 2.88. The van der Waals surface area contributed by atoms with E-state index in [1.54, 1.807) is 26.4 Å². The maximum atomic E-state index is 4.90. The summed E-state index contributed by atoms with van der Waals surface area (Å²) in [7, 11) is 3.18. The zero-order valence-electron chi connectivity index (χ0n) is 7.97. The van der Waals surface area contributed by atoms with Crippen molar-refractivity contribution in [2.75, 3.05) is 14.2 Å². The van der Waals surface area contributed by atoms with Gasteiger partial charge in [0.15, 0.2) is 0 Å². The summed E-state index contributed by atoms with van der Waals surface area (Å²) in [6.07, 6.45) is 0. The van der Waals surface area contributed by atoms with E-state index < -0.39 is 0 Å². The van der Waals surface area contributed by atoms with Crippen LogP contribution in [-0.4, -0.2) is 14.2 Å². The summed E-state index contributed by atoms with van der Waals surface area (Å²) in [5.41, 5.74) is 0. The Morgan fingerprint density at radius 1 is 1.00 bits per heavy atom. The average molecular weight is 150 g/mol. The van der Waals surface area contributed by atoms with Crippen LogP contribution in [0.15, 0.2) is 12.1 Å². The van der Waals surface area contributed by atoms with Crippen molar-refractivity contribution in [3.8, 4) is 11.5 Å². The molecule has 0 aliphatic rings. The van der Waals surface area contributed by atoms with Gasteiger partial charge in [-0.3, -0.25) is 0 Å². The molecule has 0 saturated heterocycles. The van der Waals surface area contributed by atoms with E-state index in [-0.39, 0.29) is 37.7 Å². The Kier molecular flexibility index (Phi) is 9.27. The van der Waals surface area contributed by atoms with Crippen LogP contribution in [0.25, 0.3) is 0 Å². The second-order valence-corrected chi connectivity index (χ2v) is 1.71. The minimum atomic E-state index is 0. The second-order valence-electron chi connectivity index (χ2n) is 1.71. The van der Waals surface area contributed by atoms with Gasteiger partial charge in [0.05, 0.1) is 14.2 Å². The van der Waals surface area contributed by atoms with Gasteiger partial charge in [-0.1, -0.05) is 0 Å². The molecule has 0 aliphatic carbocycles. The molecule has 0 spiro atoms. The van der Waals surface area contributed by atoms with Crippen LogP contribution in [0.3, 0.4) is 0 Å². The molecule has 0 radical (unpaired) electrons. The first kappa shape index (κ1) is 14.5. The van der Waals surface area contributed by atoms with Crippen LogP contribution >= 0.6 is 0 Å². The van der Waals surface area contributed by atoms with Crippen molar-refractivity contribution < 1.29 is 47.2 Å². The summed E-state index contributed by atoms with van der Waals surface area (Å²) < 4.78 is 9.80. The smallest absolute Gasteiger partial charge is 0.546 e. The Balaban J connectivity index is 0. The number of rotatable bonds is 2. The minimum absolute atomic E-state index is 0. The molecule has 1 rings (SSSR count). The fraction of sp³-hybridized carbons (Fsp3) is 0.250. The first-order valence-electron chi connectivity index (χ1n) is 2.88. The summed E-state index contributed by atoms with van der Waals surface area (Å²) in [5, 5.41) is 0. The summed E-state index contributed by atoms with van der Waals surface area (Å²) >= 11 is 0. The number of ether oxygens (including phenoxy) is 2. The van der Waals surface area contributed by atoms with Gasteiger partial charge in [-0.05, 0) is 0 Å². The topological polar surface area (TPSA) is 18.5 Å². The third kappa shape index (κ3) is 4.14. The van der Waals surface area contributed by atoms with Gasteiger partial charge in [0.25, 0.3) is 0 Å². The molecule has 54 valence electrons. The van der Waals surface area contributed by atoms with Crippen LogP contribution < -0.4 is 47.2 Å². The fourth-order valence-corrected chi connectivity index (χ4v) is 0.616. The number of methoxy groups -OCH3 is 2. The monoisotopic (exact) mass is 150 g/mol. The fourth-order valence-electron chi connectivity index (χ4n) is 0.616. The molecule has 0 atom stereocenters. The van der Waals surface area contributed by atoms with Crippen LogP contribution in [0.1, 0.15) is 0 Å². The Morgan fingerprint density at radius 2 is 1.42 bits per heavy atom. The third-order valence-electron chi connectivity index (χ3n) is 1.13. The summed E-state index contributed by atoms with van der Waals surface area (Å²) in [5.74, 6) is 1.33. The van der Waals surface area contributed by atoms with Gasteiger partial charge < -0.3 is 27.7 Å². The molecule has 2 nitrogen and oxygen atoms in total. The van der Waals surface area contributed by atoms with E-state index in [1.165, 1.54) is 0 Å². The summed E-state index contributed by atoms with van der Waals surface area (Å²) in [4.78, 5) is 0. The third-order valence-corrected chi connectivity index (χ3v) is 1.13. The van der Waals surface area contributed by atoms with Gasteiger partial charge in [0.1, 0.15) is 0 Å². The summed E-state index contributed by atoms with van der Waals surface area (Å²) in [6.45, 7) is 0. The van der Waals surface area contributed by atoms with Crippen molar-refractivity contribution in [1.29, 1.82) is 0 Å². The van der Waals surface area contributed by atoms with Gasteiger partial charge in [0, 0.05) is 0 Å². The zero-order valence-corrected chi connectivity index (χ0v) is 7.97. The van der Waals surface area contributed by atoms with Crippen molar-refractivity contribution in [1.82, 2.24) is 0 Å². The van der Waals surface area contributed by atoms with E-state index in [9.17, 15) is 0 Å². The van der Waals surface area contributed by atoms with Gasteiger partial charge in [-0.2, -0.15) is 0 Å². The maximum absolute atomic E-state index is 4.90.